The number of nitrogens with one attached hydrogen (secondary N) is 3. The second kappa shape index (κ2) is 22.1. The molecule has 1 amide bonds. The SMILES string of the molecule is C.CC(C)c1cc(N[C@H]2CC[C@H](N)C2)n2nccc2n1.CC(C)c1cc(N[C@H]2CC[C@H](NC(=O)OC(C)(C)C)C2)n2nccc2n1.Cl.S.S.S.S. The standard InChI is InChI=1S/C19H29N5O2.C14H21N5.CH4.ClH.4H2S/c1-12(2)15-11-17(24-16(23-15)8-9-20-24)21-13-6-7-14(10-13)22-18(25)26-19(3,4)5;1-9(2)12-8-14(17-11-4-3-10(15)7-11)19-13(18-12)5-6-16-19;;;;;;/h8-9,11-14,21H,6-7,10H2,1-5H3,(H,22,25);5-6,8-11,17H,3-4,7,15H2,1-2H3;1H4;1H;4*1H2/t13-,14-;10-,11-;;;;;;/m00....../s1. The van der Waals surface area contributed by atoms with Crippen LogP contribution in [0.4, 0.5) is 16.4 Å². The molecule has 4 atom stereocenters. The molecule has 12 nitrogen and oxygen atoms in total. The number of nitrogens with zero attached hydrogens (tertiary/aromatic N) is 6. The number of aromatic nitrogens is 6. The average molecular weight is 808 g/mol. The number of ether oxygens (including phenoxy) is 1. The van der Waals surface area contributed by atoms with E-state index in [2.05, 4.69) is 75.9 Å². The van der Waals surface area contributed by atoms with E-state index in [1.165, 1.54) is 0 Å². The molecule has 0 unspecified atom stereocenters. The Labute approximate surface area is 338 Å². The van der Waals surface area contributed by atoms with Gasteiger partial charge in [0.15, 0.2) is 11.3 Å². The van der Waals surface area contributed by atoms with Crippen molar-refractivity contribution in [2.45, 2.75) is 136 Å². The molecule has 0 bridgehead atoms. The fraction of sp³-hybridized carbons (Fsp3) is 0.618. The normalized spacial score (nSPS) is 19.2. The summed E-state index contributed by atoms with van der Waals surface area (Å²) >= 11 is 0. The monoisotopic (exact) mass is 806 g/mol. The summed E-state index contributed by atoms with van der Waals surface area (Å²) < 4.78 is 9.05. The number of carbonyl (C=O) groups is 1. The van der Waals surface area contributed by atoms with E-state index in [9.17, 15) is 4.79 Å². The van der Waals surface area contributed by atoms with Crippen molar-refractivity contribution >= 4 is 95.4 Å². The van der Waals surface area contributed by atoms with E-state index in [0.717, 1.165) is 72.8 Å². The van der Waals surface area contributed by atoms with Crippen molar-refractivity contribution in [1.82, 2.24) is 34.5 Å². The van der Waals surface area contributed by atoms with Crippen LogP contribution in [0.3, 0.4) is 0 Å². The van der Waals surface area contributed by atoms with Gasteiger partial charge in [0, 0.05) is 59.8 Å². The highest BCUT2D eigenvalue weighted by Gasteiger charge is 2.28. The first kappa shape index (κ1) is 50.9. The van der Waals surface area contributed by atoms with Crippen molar-refractivity contribution in [1.29, 1.82) is 0 Å². The Kier molecular flexibility index (Phi) is 22.0. The van der Waals surface area contributed by atoms with Gasteiger partial charge in [0.1, 0.15) is 17.2 Å². The number of nitrogens with two attached hydrogens (primary N) is 1. The first-order valence-corrected chi connectivity index (χ1v) is 16.3. The van der Waals surface area contributed by atoms with Gasteiger partial charge in [-0.2, -0.15) is 73.2 Å². The molecule has 2 fully saturated rings. The van der Waals surface area contributed by atoms with Crippen molar-refractivity contribution in [3.8, 4) is 0 Å². The molecule has 4 heterocycles. The number of alkyl carbamates (subject to hydrolysis) is 1. The molecule has 4 aromatic heterocycles. The lowest BCUT2D eigenvalue weighted by Crippen LogP contribution is -2.38. The van der Waals surface area contributed by atoms with Gasteiger partial charge in [0.05, 0.1) is 12.4 Å². The van der Waals surface area contributed by atoms with E-state index in [-0.39, 0.29) is 92.0 Å². The van der Waals surface area contributed by atoms with Crippen molar-refractivity contribution in [3.63, 3.8) is 0 Å². The number of anilines is 2. The third-order valence-corrected chi connectivity index (χ3v) is 8.27. The Morgan fingerprint density at radius 2 is 1.22 bits per heavy atom. The minimum Gasteiger partial charge on any atom is -0.444 e. The van der Waals surface area contributed by atoms with Crippen LogP contribution in [0.1, 0.15) is 118 Å². The minimum absolute atomic E-state index is 0. The molecular formula is C34H63ClN10O2S4. The number of carbonyl (C=O) groups excluding carboxylic acids is 1. The zero-order valence-electron chi connectivity index (χ0n) is 30.2. The number of fused-ring (bicyclic) bond motifs is 2. The predicted molar refractivity (Wildman–Crippen MR) is 233 cm³/mol. The van der Waals surface area contributed by atoms with Gasteiger partial charge in [-0.15, -0.1) is 12.4 Å². The Morgan fingerprint density at radius 3 is 1.63 bits per heavy atom. The first-order chi connectivity index (χ1) is 21.3. The number of amides is 1. The summed E-state index contributed by atoms with van der Waals surface area (Å²) in [4.78, 5) is 21.2. The second-order valence-electron chi connectivity index (χ2n) is 14.1. The molecular weight excluding hydrogens is 744 g/mol. The fourth-order valence-electron chi connectivity index (χ4n) is 5.95. The van der Waals surface area contributed by atoms with Crippen LogP contribution >= 0.6 is 66.4 Å². The summed E-state index contributed by atoms with van der Waals surface area (Å²) in [6.45, 7) is 14.2. The summed E-state index contributed by atoms with van der Waals surface area (Å²) in [6.07, 6.45) is 9.25. The van der Waals surface area contributed by atoms with Crippen LogP contribution in [0, 0.1) is 0 Å². The number of halogens is 1. The van der Waals surface area contributed by atoms with Crippen LogP contribution in [0.5, 0.6) is 0 Å². The summed E-state index contributed by atoms with van der Waals surface area (Å²) in [7, 11) is 0. The first-order valence-electron chi connectivity index (χ1n) is 16.3. The molecule has 0 radical (unpaired) electrons. The molecule has 2 saturated carbocycles. The molecule has 17 heteroatoms. The predicted octanol–water partition coefficient (Wildman–Crippen LogP) is 7.36. The highest BCUT2D eigenvalue weighted by molar-refractivity contribution is 7.59. The zero-order chi connectivity index (χ0) is 32.3. The lowest BCUT2D eigenvalue weighted by atomic mass is 10.1. The van der Waals surface area contributed by atoms with Gasteiger partial charge in [0.2, 0.25) is 0 Å². The molecule has 0 spiro atoms. The molecule has 6 rings (SSSR count). The molecule has 0 aliphatic heterocycles. The fourth-order valence-corrected chi connectivity index (χ4v) is 5.95. The Hall–Kier alpha value is -2.24. The number of rotatable bonds is 7. The van der Waals surface area contributed by atoms with Crippen molar-refractivity contribution in [2.24, 2.45) is 5.73 Å². The van der Waals surface area contributed by atoms with Crippen LogP contribution < -0.4 is 21.7 Å². The van der Waals surface area contributed by atoms with Gasteiger partial charge in [-0.05, 0) is 71.1 Å². The summed E-state index contributed by atoms with van der Waals surface area (Å²) in [6, 6.07) is 9.22. The maximum atomic E-state index is 12.0. The van der Waals surface area contributed by atoms with Gasteiger partial charge in [0.25, 0.3) is 0 Å². The van der Waals surface area contributed by atoms with Crippen LogP contribution in [0.2, 0.25) is 0 Å². The molecule has 2 aliphatic carbocycles. The Bertz CT molecular complexity index is 1620. The lowest BCUT2D eigenvalue weighted by molar-refractivity contribution is 0.0505. The van der Waals surface area contributed by atoms with Crippen molar-refractivity contribution < 1.29 is 9.53 Å². The van der Waals surface area contributed by atoms with Gasteiger partial charge in [-0.3, -0.25) is 0 Å². The third kappa shape index (κ3) is 13.9. The molecule has 2 aliphatic rings. The van der Waals surface area contributed by atoms with E-state index < -0.39 is 5.60 Å². The maximum Gasteiger partial charge on any atom is 0.407 e. The van der Waals surface area contributed by atoms with Crippen molar-refractivity contribution in [2.75, 3.05) is 10.6 Å². The van der Waals surface area contributed by atoms with Crippen molar-refractivity contribution in [3.05, 3.63) is 48.0 Å². The second-order valence-corrected chi connectivity index (χ2v) is 14.1. The maximum absolute atomic E-state index is 12.0. The third-order valence-electron chi connectivity index (χ3n) is 8.27. The summed E-state index contributed by atoms with van der Waals surface area (Å²) in [5.74, 6) is 2.73. The van der Waals surface area contributed by atoms with E-state index in [1.54, 1.807) is 12.4 Å². The molecule has 0 saturated heterocycles. The van der Waals surface area contributed by atoms with Crippen LogP contribution in [-0.2, 0) is 4.74 Å². The van der Waals surface area contributed by atoms with Gasteiger partial charge < -0.3 is 26.4 Å². The summed E-state index contributed by atoms with van der Waals surface area (Å²) in [5.41, 5.74) is 9.38. The molecule has 4 aromatic rings. The quantitative estimate of drug-likeness (QED) is 0.150. The van der Waals surface area contributed by atoms with E-state index in [1.807, 2.05) is 41.9 Å². The molecule has 5 N–H and O–H groups in total. The van der Waals surface area contributed by atoms with E-state index >= 15 is 0 Å². The molecule has 0 aromatic carbocycles. The zero-order valence-corrected chi connectivity index (χ0v) is 35.0. The van der Waals surface area contributed by atoms with Crippen LogP contribution in [-0.4, -0.2) is 65.1 Å². The average Bonchev–Trinajstić information content (AvgIpc) is 3.76. The Balaban J connectivity index is 0. The van der Waals surface area contributed by atoms with Crippen LogP contribution in [0.15, 0.2) is 36.7 Å². The number of hydrogen-bond donors (Lipinski definition) is 4. The van der Waals surface area contributed by atoms with Crippen LogP contribution in [0.25, 0.3) is 11.3 Å². The van der Waals surface area contributed by atoms with Gasteiger partial charge in [-0.25, -0.2) is 14.8 Å². The molecule has 292 valence electrons. The Morgan fingerprint density at radius 1 is 0.784 bits per heavy atom. The van der Waals surface area contributed by atoms with Gasteiger partial charge >= 0.3 is 6.09 Å². The topological polar surface area (TPSA) is 149 Å². The smallest absolute Gasteiger partial charge is 0.407 e. The highest BCUT2D eigenvalue weighted by Crippen LogP contribution is 2.26. The lowest BCUT2D eigenvalue weighted by Gasteiger charge is -2.22. The number of hydrogen-bond acceptors (Lipinski definition) is 9. The summed E-state index contributed by atoms with van der Waals surface area (Å²) in [5, 5.41) is 18.8. The minimum atomic E-state index is -0.476. The van der Waals surface area contributed by atoms with Gasteiger partial charge in [-0.1, -0.05) is 35.1 Å². The highest BCUT2D eigenvalue weighted by atomic mass is 35.5. The largest absolute Gasteiger partial charge is 0.444 e. The van der Waals surface area contributed by atoms with E-state index in [0.29, 0.717) is 23.9 Å². The van der Waals surface area contributed by atoms with E-state index in [4.69, 9.17) is 10.5 Å². The molecule has 51 heavy (non-hydrogen) atoms.